The number of rotatable bonds is 7. The van der Waals surface area contributed by atoms with Crippen molar-refractivity contribution in [2.24, 2.45) is 17.2 Å². The fourth-order valence-electron chi connectivity index (χ4n) is 1.18. The van der Waals surface area contributed by atoms with Crippen molar-refractivity contribution in [2.75, 3.05) is 19.7 Å². The highest BCUT2D eigenvalue weighted by Crippen LogP contribution is 2.10. The fraction of sp³-hybridized carbons (Fsp3) is 0.750. The van der Waals surface area contributed by atoms with Gasteiger partial charge >= 0.3 is 17.9 Å². The average molecular weight is 305 g/mol. The molecule has 0 heterocycles. The second kappa shape index (κ2) is 8.55. The van der Waals surface area contributed by atoms with Crippen LogP contribution in [0.4, 0.5) is 0 Å². The number of ether oxygens (including phenoxy) is 3. The molecule has 9 heteroatoms. The summed E-state index contributed by atoms with van der Waals surface area (Å²) in [6.45, 7) is 3.82. The summed E-state index contributed by atoms with van der Waals surface area (Å²) in [5.41, 5.74) is 15.1. The lowest BCUT2D eigenvalue weighted by Crippen LogP contribution is -2.50. The first-order chi connectivity index (χ1) is 9.60. The zero-order valence-electron chi connectivity index (χ0n) is 12.5. The number of hydrogen-bond donors (Lipinski definition) is 3. The summed E-state index contributed by atoms with van der Waals surface area (Å²) in [5, 5.41) is 0. The number of carbonyl (C=O) groups is 3. The number of carbonyl (C=O) groups excluding carboxylic acids is 3. The molecule has 6 N–H and O–H groups in total. The fourth-order valence-corrected chi connectivity index (χ4v) is 1.18. The van der Waals surface area contributed by atoms with Crippen molar-refractivity contribution in [2.45, 2.75) is 38.5 Å². The molecule has 0 radical (unpaired) electrons. The van der Waals surface area contributed by atoms with E-state index in [0.29, 0.717) is 0 Å². The van der Waals surface area contributed by atoms with E-state index < -0.39 is 48.8 Å². The molecule has 0 saturated heterocycles. The van der Waals surface area contributed by atoms with Gasteiger partial charge in [0.05, 0.1) is 13.1 Å². The maximum absolute atomic E-state index is 11.8. The number of nitrogens with two attached hydrogens (primary N) is 3. The molecule has 0 fully saturated rings. The minimum Gasteiger partial charge on any atom is -0.461 e. The van der Waals surface area contributed by atoms with E-state index in [9.17, 15) is 14.4 Å². The molecule has 122 valence electrons. The number of hydrogen-bond acceptors (Lipinski definition) is 9. The van der Waals surface area contributed by atoms with Crippen LogP contribution < -0.4 is 17.2 Å². The van der Waals surface area contributed by atoms with Crippen molar-refractivity contribution in [1.82, 2.24) is 0 Å². The molecule has 21 heavy (non-hydrogen) atoms. The summed E-state index contributed by atoms with van der Waals surface area (Å²) in [7, 11) is 0. The summed E-state index contributed by atoms with van der Waals surface area (Å²) in [4.78, 5) is 34.1. The van der Waals surface area contributed by atoms with Gasteiger partial charge < -0.3 is 31.4 Å². The van der Waals surface area contributed by atoms with Gasteiger partial charge in [0.2, 0.25) is 0 Å². The summed E-state index contributed by atoms with van der Waals surface area (Å²) in [6.07, 6.45) is -1.20. The molecule has 9 nitrogen and oxygen atoms in total. The van der Waals surface area contributed by atoms with E-state index in [-0.39, 0.29) is 6.54 Å². The molecule has 0 rings (SSSR count). The average Bonchev–Trinajstić information content (AvgIpc) is 2.39. The van der Waals surface area contributed by atoms with Gasteiger partial charge in [-0.25, -0.2) is 0 Å². The molecule has 0 aliphatic rings. The SMILES string of the molecule is CC(C)(C)OC(=O)C(N)C(COC(=O)CN)OC(=O)CN. The van der Waals surface area contributed by atoms with Crippen molar-refractivity contribution in [3.8, 4) is 0 Å². The van der Waals surface area contributed by atoms with E-state index in [1.165, 1.54) is 0 Å². The molecule has 0 aliphatic carbocycles. The van der Waals surface area contributed by atoms with E-state index >= 15 is 0 Å². The van der Waals surface area contributed by atoms with Crippen LogP contribution in [-0.2, 0) is 28.6 Å². The van der Waals surface area contributed by atoms with Gasteiger partial charge in [0.25, 0.3) is 0 Å². The maximum atomic E-state index is 11.8. The van der Waals surface area contributed by atoms with Gasteiger partial charge in [-0.1, -0.05) is 0 Å². The van der Waals surface area contributed by atoms with Crippen molar-refractivity contribution in [3.63, 3.8) is 0 Å². The second-order valence-electron chi connectivity index (χ2n) is 5.18. The molecule has 0 aromatic carbocycles. The van der Waals surface area contributed by atoms with Gasteiger partial charge in [-0.3, -0.25) is 14.4 Å². The van der Waals surface area contributed by atoms with Gasteiger partial charge in [0, 0.05) is 0 Å². The Kier molecular flexibility index (Phi) is 7.85. The minimum absolute atomic E-state index is 0.348. The highest BCUT2D eigenvalue weighted by molar-refractivity contribution is 5.78. The van der Waals surface area contributed by atoms with Crippen LogP contribution in [0.5, 0.6) is 0 Å². The Balaban J connectivity index is 4.79. The van der Waals surface area contributed by atoms with Gasteiger partial charge in [0.1, 0.15) is 18.2 Å². The maximum Gasteiger partial charge on any atom is 0.327 e. The predicted octanol–water partition coefficient (Wildman–Crippen LogP) is -1.97. The normalized spacial score (nSPS) is 14.0. The Morgan fingerprint density at radius 3 is 2.00 bits per heavy atom. The van der Waals surface area contributed by atoms with Gasteiger partial charge in [-0.05, 0) is 20.8 Å². The Bertz CT molecular complexity index is 380. The largest absolute Gasteiger partial charge is 0.461 e. The minimum atomic E-state index is -1.31. The smallest absolute Gasteiger partial charge is 0.327 e. The van der Waals surface area contributed by atoms with E-state index in [1.807, 2.05) is 0 Å². The Morgan fingerprint density at radius 2 is 1.57 bits per heavy atom. The van der Waals surface area contributed by atoms with Crippen molar-refractivity contribution in [3.05, 3.63) is 0 Å². The molecular formula is C12H23N3O6. The zero-order chi connectivity index (χ0) is 16.6. The second-order valence-corrected chi connectivity index (χ2v) is 5.18. The van der Waals surface area contributed by atoms with Crippen molar-refractivity contribution in [1.29, 1.82) is 0 Å². The van der Waals surface area contributed by atoms with Crippen LogP contribution in [0, 0.1) is 0 Å². The van der Waals surface area contributed by atoms with Crippen LogP contribution in [0.15, 0.2) is 0 Å². The zero-order valence-corrected chi connectivity index (χ0v) is 12.5. The van der Waals surface area contributed by atoms with Crippen LogP contribution >= 0.6 is 0 Å². The van der Waals surface area contributed by atoms with Crippen LogP contribution in [0.3, 0.4) is 0 Å². The van der Waals surface area contributed by atoms with Crippen LogP contribution in [0.25, 0.3) is 0 Å². The Labute approximate surface area is 123 Å². The summed E-state index contributed by atoms with van der Waals surface area (Å²) >= 11 is 0. The first kappa shape index (κ1) is 19.3. The summed E-state index contributed by atoms with van der Waals surface area (Å²) in [5.74, 6) is -2.30. The topological polar surface area (TPSA) is 157 Å². The van der Waals surface area contributed by atoms with E-state index in [0.717, 1.165) is 0 Å². The molecule has 0 aromatic heterocycles. The molecule has 0 bridgehead atoms. The standard InChI is InChI=1S/C12H23N3O6/c1-12(2,3)21-11(18)10(15)7(20-9(17)5-14)6-19-8(16)4-13/h7,10H,4-6,13-15H2,1-3H3. The molecule has 2 unspecified atom stereocenters. The van der Waals surface area contributed by atoms with Crippen molar-refractivity contribution >= 4 is 17.9 Å². The molecule has 0 aliphatic heterocycles. The van der Waals surface area contributed by atoms with E-state index in [1.54, 1.807) is 20.8 Å². The van der Waals surface area contributed by atoms with Gasteiger partial charge in [0.15, 0.2) is 6.10 Å². The van der Waals surface area contributed by atoms with Gasteiger partial charge in [-0.2, -0.15) is 0 Å². The first-order valence-electron chi connectivity index (χ1n) is 6.34. The molecule has 0 aromatic rings. The first-order valence-corrected chi connectivity index (χ1v) is 6.34. The molecule has 0 amide bonds. The lowest BCUT2D eigenvalue weighted by molar-refractivity contribution is -0.169. The molecule has 2 atom stereocenters. The molecule has 0 saturated carbocycles. The van der Waals surface area contributed by atoms with Gasteiger partial charge in [-0.15, -0.1) is 0 Å². The van der Waals surface area contributed by atoms with Crippen LogP contribution in [0.1, 0.15) is 20.8 Å². The quantitative estimate of drug-likeness (QED) is 0.358. The highest BCUT2D eigenvalue weighted by atomic mass is 16.6. The lowest BCUT2D eigenvalue weighted by Gasteiger charge is -2.26. The van der Waals surface area contributed by atoms with Crippen LogP contribution in [0.2, 0.25) is 0 Å². The molecule has 0 spiro atoms. The number of esters is 3. The lowest BCUT2D eigenvalue weighted by atomic mass is 10.1. The molecular weight excluding hydrogens is 282 g/mol. The van der Waals surface area contributed by atoms with E-state index in [4.69, 9.17) is 31.4 Å². The van der Waals surface area contributed by atoms with E-state index in [2.05, 4.69) is 0 Å². The predicted molar refractivity (Wildman–Crippen MR) is 72.8 cm³/mol. The summed E-state index contributed by atoms with van der Waals surface area (Å²) in [6, 6.07) is -1.31. The summed E-state index contributed by atoms with van der Waals surface area (Å²) < 4.78 is 14.7. The third-order valence-electron chi connectivity index (χ3n) is 2.10. The Hall–Kier alpha value is -1.71. The monoisotopic (exact) mass is 305 g/mol. The Morgan fingerprint density at radius 1 is 1.05 bits per heavy atom. The highest BCUT2D eigenvalue weighted by Gasteiger charge is 2.32. The third-order valence-corrected chi connectivity index (χ3v) is 2.10. The van der Waals surface area contributed by atoms with Crippen molar-refractivity contribution < 1.29 is 28.6 Å². The van der Waals surface area contributed by atoms with Crippen LogP contribution in [-0.4, -0.2) is 55.4 Å². The third kappa shape index (κ3) is 8.23.